The number of ether oxygens (including phenoxy) is 1. The van der Waals surface area contributed by atoms with Crippen molar-refractivity contribution in [1.29, 1.82) is 0 Å². The summed E-state index contributed by atoms with van der Waals surface area (Å²) in [6, 6.07) is 0. The van der Waals surface area contributed by atoms with Crippen molar-refractivity contribution in [3.05, 3.63) is 11.9 Å². The van der Waals surface area contributed by atoms with Gasteiger partial charge in [-0.25, -0.2) is 0 Å². The van der Waals surface area contributed by atoms with Crippen LogP contribution >= 0.6 is 0 Å². The number of hydrogen-bond donors (Lipinski definition) is 2. The molecule has 1 atom stereocenters. The molecule has 1 unspecified atom stereocenters. The molecule has 0 saturated carbocycles. The molecule has 1 saturated heterocycles. The molecule has 0 spiro atoms. The van der Waals surface area contributed by atoms with Crippen LogP contribution in [0.15, 0.2) is 11.9 Å². The zero-order valence-corrected chi connectivity index (χ0v) is 6.05. The maximum atomic E-state index is 5.35. The van der Waals surface area contributed by atoms with Crippen LogP contribution in [0.1, 0.15) is 19.3 Å². The van der Waals surface area contributed by atoms with E-state index in [0.29, 0.717) is 11.9 Å². The fourth-order valence-electron chi connectivity index (χ4n) is 1.10. The van der Waals surface area contributed by atoms with Crippen molar-refractivity contribution in [2.24, 2.45) is 11.5 Å². The van der Waals surface area contributed by atoms with E-state index in [2.05, 4.69) is 0 Å². The SMILES string of the molecule is NC(N)=CCC1CCCO1. The normalized spacial score (nSPS) is 24.6. The summed E-state index contributed by atoms with van der Waals surface area (Å²) in [5.74, 6) is 0.399. The van der Waals surface area contributed by atoms with Crippen LogP contribution in [0.2, 0.25) is 0 Å². The van der Waals surface area contributed by atoms with Crippen molar-refractivity contribution in [2.45, 2.75) is 25.4 Å². The first-order chi connectivity index (χ1) is 4.79. The Kier molecular flexibility index (Phi) is 2.57. The van der Waals surface area contributed by atoms with E-state index >= 15 is 0 Å². The first kappa shape index (κ1) is 7.41. The smallest absolute Gasteiger partial charge is 0.0893 e. The van der Waals surface area contributed by atoms with E-state index in [0.717, 1.165) is 19.4 Å². The van der Waals surface area contributed by atoms with E-state index in [1.54, 1.807) is 0 Å². The molecule has 0 bridgehead atoms. The number of nitrogens with two attached hydrogens (primary N) is 2. The van der Waals surface area contributed by atoms with E-state index in [9.17, 15) is 0 Å². The zero-order chi connectivity index (χ0) is 7.40. The number of rotatable bonds is 2. The summed E-state index contributed by atoms with van der Waals surface area (Å²) in [4.78, 5) is 0. The van der Waals surface area contributed by atoms with Gasteiger partial charge in [-0.3, -0.25) is 0 Å². The lowest BCUT2D eigenvalue weighted by molar-refractivity contribution is 0.113. The summed E-state index contributed by atoms with van der Waals surface area (Å²) in [6.45, 7) is 0.892. The maximum Gasteiger partial charge on any atom is 0.0893 e. The average Bonchev–Trinajstić information content (AvgIpc) is 2.34. The van der Waals surface area contributed by atoms with Crippen LogP contribution in [0.5, 0.6) is 0 Å². The van der Waals surface area contributed by atoms with E-state index in [1.165, 1.54) is 6.42 Å². The Balaban J connectivity index is 2.18. The Labute approximate surface area is 61.0 Å². The second-order valence-electron chi connectivity index (χ2n) is 2.57. The van der Waals surface area contributed by atoms with Crippen LogP contribution < -0.4 is 11.5 Å². The molecule has 0 radical (unpaired) electrons. The van der Waals surface area contributed by atoms with Gasteiger partial charge < -0.3 is 16.2 Å². The lowest BCUT2D eigenvalue weighted by Gasteiger charge is -2.04. The molecule has 3 heteroatoms. The van der Waals surface area contributed by atoms with Crippen LogP contribution in [-0.2, 0) is 4.74 Å². The zero-order valence-electron chi connectivity index (χ0n) is 6.05. The topological polar surface area (TPSA) is 61.3 Å². The summed E-state index contributed by atoms with van der Waals surface area (Å²) < 4.78 is 5.35. The van der Waals surface area contributed by atoms with Gasteiger partial charge in [0.15, 0.2) is 0 Å². The van der Waals surface area contributed by atoms with Crippen molar-refractivity contribution in [1.82, 2.24) is 0 Å². The Morgan fingerprint density at radius 1 is 1.60 bits per heavy atom. The van der Waals surface area contributed by atoms with Gasteiger partial charge in [-0.05, 0) is 25.3 Å². The van der Waals surface area contributed by atoms with Gasteiger partial charge in [-0.15, -0.1) is 0 Å². The van der Waals surface area contributed by atoms with Crippen molar-refractivity contribution < 1.29 is 4.74 Å². The lowest BCUT2D eigenvalue weighted by atomic mass is 10.2. The monoisotopic (exact) mass is 142 g/mol. The highest BCUT2D eigenvalue weighted by atomic mass is 16.5. The molecule has 0 aliphatic carbocycles. The lowest BCUT2D eigenvalue weighted by Crippen LogP contribution is -2.10. The summed E-state index contributed by atoms with van der Waals surface area (Å²) >= 11 is 0. The first-order valence-corrected chi connectivity index (χ1v) is 3.62. The Bertz CT molecular complexity index is 124. The van der Waals surface area contributed by atoms with Crippen molar-refractivity contribution in [3.8, 4) is 0 Å². The second-order valence-corrected chi connectivity index (χ2v) is 2.57. The van der Waals surface area contributed by atoms with Gasteiger partial charge in [0.05, 0.1) is 11.9 Å². The molecule has 1 aliphatic heterocycles. The molecule has 0 aromatic carbocycles. The molecule has 10 heavy (non-hydrogen) atoms. The van der Waals surface area contributed by atoms with Crippen LogP contribution in [0.3, 0.4) is 0 Å². The largest absolute Gasteiger partial charge is 0.386 e. The van der Waals surface area contributed by atoms with Gasteiger partial charge in [0, 0.05) is 6.61 Å². The van der Waals surface area contributed by atoms with E-state index in [1.807, 2.05) is 6.08 Å². The Morgan fingerprint density at radius 2 is 2.40 bits per heavy atom. The fraction of sp³-hybridized carbons (Fsp3) is 0.714. The fourth-order valence-corrected chi connectivity index (χ4v) is 1.10. The molecule has 1 rings (SSSR count). The van der Waals surface area contributed by atoms with E-state index in [-0.39, 0.29) is 0 Å². The molecule has 0 aromatic rings. The van der Waals surface area contributed by atoms with Gasteiger partial charge in [-0.2, -0.15) is 0 Å². The molecule has 58 valence electrons. The van der Waals surface area contributed by atoms with Crippen LogP contribution in [0.25, 0.3) is 0 Å². The average molecular weight is 142 g/mol. The molecule has 0 amide bonds. The first-order valence-electron chi connectivity index (χ1n) is 3.62. The standard InChI is InChI=1S/C7H14N2O/c8-7(9)4-3-6-2-1-5-10-6/h4,6H,1-3,5,8-9H2. The van der Waals surface area contributed by atoms with Crippen LogP contribution in [0.4, 0.5) is 0 Å². The van der Waals surface area contributed by atoms with Gasteiger partial charge in [-0.1, -0.05) is 0 Å². The van der Waals surface area contributed by atoms with Crippen LogP contribution in [-0.4, -0.2) is 12.7 Å². The van der Waals surface area contributed by atoms with Gasteiger partial charge in [0.25, 0.3) is 0 Å². The van der Waals surface area contributed by atoms with E-state index < -0.39 is 0 Å². The Morgan fingerprint density at radius 3 is 2.90 bits per heavy atom. The molecular formula is C7H14N2O. The van der Waals surface area contributed by atoms with E-state index in [4.69, 9.17) is 16.2 Å². The van der Waals surface area contributed by atoms with Gasteiger partial charge in [0.1, 0.15) is 0 Å². The second kappa shape index (κ2) is 3.46. The molecule has 4 N–H and O–H groups in total. The third kappa shape index (κ3) is 2.27. The molecule has 1 aliphatic rings. The summed E-state index contributed by atoms with van der Waals surface area (Å²) in [5, 5.41) is 0. The predicted molar refractivity (Wildman–Crippen MR) is 40.0 cm³/mol. The number of hydrogen-bond acceptors (Lipinski definition) is 3. The minimum Gasteiger partial charge on any atom is -0.386 e. The summed E-state index contributed by atoms with van der Waals surface area (Å²) in [7, 11) is 0. The minimum atomic E-state index is 0.363. The third-order valence-electron chi connectivity index (χ3n) is 1.64. The molecule has 1 heterocycles. The summed E-state index contributed by atoms with van der Waals surface area (Å²) in [5.41, 5.74) is 10.5. The predicted octanol–water partition coefficient (Wildman–Crippen LogP) is 0.314. The van der Waals surface area contributed by atoms with Gasteiger partial charge >= 0.3 is 0 Å². The molecular weight excluding hydrogens is 128 g/mol. The van der Waals surface area contributed by atoms with Crippen molar-refractivity contribution in [3.63, 3.8) is 0 Å². The van der Waals surface area contributed by atoms with Crippen molar-refractivity contribution >= 4 is 0 Å². The minimum absolute atomic E-state index is 0.363. The molecule has 1 fully saturated rings. The quantitative estimate of drug-likeness (QED) is 0.583. The van der Waals surface area contributed by atoms with Gasteiger partial charge in [0.2, 0.25) is 0 Å². The van der Waals surface area contributed by atoms with Crippen LogP contribution in [0, 0.1) is 0 Å². The third-order valence-corrected chi connectivity index (χ3v) is 1.64. The highest BCUT2D eigenvalue weighted by Crippen LogP contribution is 2.15. The summed E-state index contributed by atoms with van der Waals surface area (Å²) in [6.07, 6.45) is 5.35. The molecule has 0 aromatic heterocycles. The Hall–Kier alpha value is -0.700. The van der Waals surface area contributed by atoms with Crippen molar-refractivity contribution in [2.75, 3.05) is 6.61 Å². The highest BCUT2D eigenvalue weighted by Gasteiger charge is 2.13. The molecule has 3 nitrogen and oxygen atoms in total. The maximum absolute atomic E-state index is 5.35. The highest BCUT2D eigenvalue weighted by molar-refractivity contribution is 4.91.